The summed E-state index contributed by atoms with van der Waals surface area (Å²) in [5.41, 5.74) is 0. The fraction of sp³-hybridized carbons (Fsp3) is 0.889. The van der Waals surface area contributed by atoms with E-state index >= 15 is 0 Å². The van der Waals surface area contributed by atoms with E-state index in [0.717, 1.165) is 12.8 Å². The molecule has 4 nitrogen and oxygen atoms in total. The summed E-state index contributed by atoms with van der Waals surface area (Å²) in [5.74, 6) is -0.299. The van der Waals surface area contributed by atoms with Crippen LogP contribution in [0.5, 0.6) is 0 Å². The number of unbranched alkanes of at least 4 members (excludes halogenated alkanes) is 10. The van der Waals surface area contributed by atoms with Gasteiger partial charge in [-0.3, -0.25) is 4.79 Å². The van der Waals surface area contributed by atoms with Crippen LogP contribution in [0.4, 0.5) is 0 Å². The van der Waals surface area contributed by atoms with E-state index in [9.17, 15) is 9.59 Å². The van der Waals surface area contributed by atoms with E-state index in [0.29, 0.717) is 19.4 Å². The van der Waals surface area contributed by atoms with Crippen molar-refractivity contribution >= 4 is 11.9 Å². The van der Waals surface area contributed by atoms with E-state index in [1.54, 1.807) is 0 Å². The van der Waals surface area contributed by atoms with Crippen molar-refractivity contribution in [2.75, 3.05) is 6.61 Å². The van der Waals surface area contributed by atoms with Crippen LogP contribution in [0.25, 0.3) is 0 Å². The summed E-state index contributed by atoms with van der Waals surface area (Å²) in [6, 6.07) is -0.403. The molecule has 0 aromatic carbocycles. The smallest absolute Gasteiger partial charge is 0.328 e. The van der Waals surface area contributed by atoms with Gasteiger partial charge in [0.05, 0.1) is 6.61 Å². The van der Waals surface area contributed by atoms with Gasteiger partial charge in [0, 0.05) is 12.8 Å². The van der Waals surface area contributed by atoms with Crippen LogP contribution < -0.4 is 5.32 Å². The highest BCUT2D eigenvalue weighted by atomic mass is 16.5. The van der Waals surface area contributed by atoms with Gasteiger partial charge in [-0.2, -0.15) is 0 Å². The van der Waals surface area contributed by atoms with E-state index in [2.05, 4.69) is 12.2 Å². The molecular weight excluding hydrogens is 278 g/mol. The molecule has 0 spiro atoms. The van der Waals surface area contributed by atoms with Crippen molar-refractivity contribution in [1.29, 1.82) is 0 Å². The molecule has 0 aromatic heterocycles. The van der Waals surface area contributed by atoms with Gasteiger partial charge in [0.1, 0.15) is 6.04 Å². The Hall–Kier alpha value is -1.06. The number of nitrogens with one attached hydrogen (secondary N) is 1. The normalized spacial score (nSPS) is 17.5. The topological polar surface area (TPSA) is 55.4 Å². The van der Waals surface area contributed by atoms with Gasteiger partial charge < -0.3 is 10.1 Å². The summed E-state index contributed by atoms with van der Waals surface area (Å²) in [6.45, 7) is 2.68. The van der Waals surface area contributed by atoms with Crippen molar-refractivity contribution < 1.29 is 14.3 Å². The van der Waals surface area contributed by atoms with Crippen LogP contribution in [0.3, 0.4) is 0 Å². The van der Waals surface area contributed by atoms with Crippen molar-refractivity contribution in [2.45, 2.75) is 96.4 Å². The van der Waals surface area contributed by atoms with Gasteiger partial charge >= 0.3 is 5.97 Å². The van der Waals surface area contributed by atoms with E-state index in [1.807, 2.05) is 0 Å². The molecule has 0 radical (unpaired) electrons. The molecular formula is C18H33NO3. The number of ether oxygens (including phenoxy) is 1. The van der Waals surface area contributed by atoms with Gasteiger partial charge in [0.25, 0.3) is 0 Å². The maximum atomic E-state index is 11.7. The molecule has 0 bridgehead atoms. The molecule has 1 saturated heterocycles. The molecule has 1 amide bonds. The Bertz CT molecular complexity index is 317. The van der Waals surface area contributed by atoms with Crippen molar-refractivity contribution in [3.05, 3.63) is 0 Å². The standard InChI is InChI=1S/C18H33NO3/c1-2-3-4-5-6-7-8-9-10-11-12-13-17(20)19-16-14-15-22-18(16)21/h16H,2-15H2,1H3,(H,19,20)/t16-/m1/s1. The van der Waals surface area contributed by atoms with E-state index in [-0.39, 0.29) is 11.9 Å². The minimum atomic E-state index is -0.403. The molecule has 1 fully saturated rings. The lowest BCUT2D eigenvalue weighted by Gasteiger charge is -2.08. The van der Waals surface area contributed by atoms with Gasteiger partial charge in [-0.1, -0.05) is 71.1 Å². The molecule has 1 rings (SSSR count). The molecule has 0 saturated carbocycles. The molecule has 0 unspecified atom stereocenters. The highest BCUT2D eigenvalue weighted by Gasteiger charge is 2.27. The molecule has 128 valence electrons. The molecule has 0 aliphatic carbocycles. The van der Waals surface area contributed by atoms with E-state index < -0.39 is 6.04 Å². The zero-order valence-electron chi connectivity index (χ0n) is 14.2. The van der Waals surface area contributed by atoms with Crippen LogP contribution in [0, 0.1) is 0 Å². The number of hydrogen-bond acceptors (Lipinski definition) is 3. The fourth-order valence-corrected chi connectivity index (χ4v) is 2.84. The first-order valence-electron chi connectivity index (χ1n) is 9.20. The number of esters is 1. The van der Waals surface area contributed by atoms with Gasteiger partial charge in [-0.05, 0) is 6.42 Å². The van der Waals surface area contributed by atoms with Crippen LogP contribution in [-0.2, 0) is 14.3 Å². The third-order valence-corrected chi connectivity index (χ3v) is 4.28. The van der Waals surface area contributed by atoms with Crippen molar-refractivity contribution in [3.8, 4) is 0 Å². The van der Waals surface area contributed by atoms with E-state index in [4.69, 9.17) is 4.74 Å². The highest BCUT2D eigenvalue weighted by Crippen LogP contribution is 2.12. The second-order valence-electron chi connectivity index (χ2n) is 6.36. The molecule has 1 atom stereocenters. The zero-order valence-corrected chi connectivity index (χ0v) is 14.2. The van der Waals surface area contributed by atoms with Crippen LogP contribution in [0.2, 0.25) is 0 Å². The lowest BCUT2D eigenvalue weighted by Crippen LogP contribution is -2.37. The van der Waals surface area contributed by atoms with Gasteiger partial charge in [0.15, 0.2) is 0 Å². The highest BCUT2D eigenvalue weighted by molar-refractivity contribution is 5.85. The molecule has 0 aromatic rings. The Labute approximate surface area is 135 Å². The van der Waals surface area contributed by atoms with Crippen LogP contribution in [0.15, 0.2) is 0 Å². The zero-order chi connectivity index (χ0) is 16.0. The molecule has 1 N–H and O–H groups in total. The minimum Gasteiger partial charge on any atom is -0.464 e. The number of cyclic esters (lactones) is 1. The van der Waals surface area contributed by atoms with Gasteiger partial charge in [-0.15, -0.1) is 0 Å². The minimum absolute atomic E-state index is 0.0141. The maximum absolute atomic E-state index is 11.7. The quantitative estimate of drug-likeness (QED) is 0.411. The first kappa shape index (κ1) is 19.0. The predicted octanol–water partition coefficient (Wildman–Crippen LogP) is 4.12. The number of hydrogen-bond donors (Lipinski definition) is 1. The van der Waals surface area contributed by atoms with Crippen molar-refractivity contribution in [3.63, 3.8) is 0 Å². The van der Waals surface area contributed by atoms with Crippen LogP contribution in [0.1, 0.15) is 90.4 Å². The second kappa shape index (κ2) is 12.5. The maximum Gasteiger partial charge on any atom is 0.328 e. The van der Waals surface area contributed by atoms with Gasteiger partial charge in [-0.25, -0.2) is 4.79 Å². The molecule has 22 heavy (non-hydrogen) atoms. The third kappa shape index (κ3) is 9.06. The predicted molar refractivity (Wildman–Crippen MR) is 88.6 cm³/mol. The Morgan fingerprint density at radius 2 is 1.55 bits per heavy atom. The first-order chi connectivity index (χ1) is 10.7. The van der Waals surface area contributed by atoms with Crippen LogP contribution >= 0.6 is 0 Å². The number of amides is 1. The number of carbonyl (C=O) groups is 2. The second-order valence-corrected chi connectivity index (χ2v) is 6.36. The number of carbonyl (C=O) groups excluding carboxylic acids is 2. The fourth-order valence-electron chi connectivity index (χ4n) is 2.84. The summed E-state index contributed by atoms with van der Waals surface area (Å²) in [6.07, 6.45) is 15.2. The number of rotatable bonds is 13. The van der Waals surface area contributed by atoms with Crippen molar-refractivity contribution in [2.24, 2.45) is 0 Å². The Morgan fingerprint density at radius 1 is 1.00 bits per heavy atom. The SMILES string of the molecule is CCCCCCCCCCCCCC(=O)N[C@@H]1CCOC1=O. The average Bonchev–Trinajstić information content (AvgIpc) is 2.90. The van der Waals surface area contributed by atoms with Crippen molar-refractivity contribution in [1.82, 2.24) is 5.32 Å². The molecule has 1 heterocycles. The van der Waals surface area contributed by atoms with Gasteiger partial charge in [0.2, 0.25) is 5.91 Å². The molecule has 1 aliphatic rings. The summed E-state index contributed by atoms with van der Waals surface area (Å²) < 4.78 is 4.82. The summed E-state index contributed by atoms with van der Waals surface area (Å²) in [5, 5.41) is 2.75. The van der Waals surface area contributed by atoms with Crippen LogP contribution in [-0.4, -0.2) is 24.5 Å². The third-order valence-electron chi connectivity index (χ3n) is 4.28. The summed E-state index contributed by atoms with van der Waals surface area (Å²) >= 11 is 0. The Kier molecular flexibility index (Phi) is 10.8. The summed E-state index contributed by atoms with van der Waals surface area (Å²) in [7, 11) is 0. The van der Waals surface area contributed by atoms with E-state index in [1.165, 1.54) is 57.8 Å². The monoisotopic (exact) mass is 311 g/mol. The lowest BCUT2D eigenvalue weighted by atomic mass is 10.1. The Morgan fingerprint density at radius 3 is 2.05 bits per heavy atom. The first-order valence-corrected chi connectivity index (χ1v) is 9.20. The Balaban J connectivity index is 1.83. The lowest BCUT2D eigenvalue weighted by molar-refractivity contribution is -0.141. The largest absolute Gasteiger partial charge is 0.464 e. The average molecular weight is 311 g/mol. The summed E-state index contributed by atoms with van der Waals surface area (Å²) in [4.78, 5) is 22.9. The molecule has 1 aliphatic heterocycles. The molecule has 4 heteroatoms.